The molecule has 6 nitrogen and oxygen atoms in total. The third kappa shape index (κ3) is 6.18. The number of amides is 2. The van der Waals surface area contributed by atoms with Gasteiger partial charge in [-0.2, -0.15) is 0 Å². The van der Waals surface area contributed by atoms with E-state index in [4.69, 9.17) is 4.99 Å². The summed E-state index contributed by atoms with van der Waals surface area (Å²) in [5.74, 6) is -0.530. The molecule has 32 heavy (non-hydrogen) atoms. The van der Waals surface area contributed by atoms with E-state index in [1.807, 2.05) is 24.3 Å². The molecule has 3 rings (SSSR count). The molecule has 0 aromatic heterocycles. The molecule has 2 aliphatic rings. The Hall–Kier alpha value is -2.21. The van der Waals surface area contributed by atoms with E-state index in [1.54, 1.807) is 11.9 Å². The van der Waals surface area contributed by atoms with Crippen molar-refractivity contribution in [2.24, 2.45) is 22.2 Å². The molecular formula is C26H39N3O3. The summed E-state index contributed by atoms with van der Waals surface area (Å²) in [5, 5.41) is 13.6. The molecule has 3 atom stereocenters. The van der Waals surface area contributed by atoms with Gasteiger partial charge in [-0.05, 0) is 36.7 Å². The summed E-state index contributed by atoms with van der Waals surface area (Å²) in [6.45, 7) is 8.49. The number of anilines is 1. The third-order valence-electron chi connectivity index (χ3n) is 6.34. The second-order valence-electron chi connectivity index (χ2n) is 10.6. The number of aliphatic imine (C=N–C) groups is 1. The number of nitrogens with zero attached hydrogens (tertiary/aromatic N) is 2. The zero-order chi connectivity index (χ0) is 23.5. The van der Waals surface area contributed by atoms with Crippen molar-refractivity contribution in [3.05, 3.63) is 29.8 Å². The van der Waals surface area contributed by atoms with Gasteiger partial charge in [0.05, 0.1) is 17.7 Å². The monoisotopic (exact) mass is 441 g/mol. The van der Waals surface area contributed by atoms with Gasteiger partial charge in [-0.1, -0.05) is 71.6 Å². The largest absolute Gasteiger partial charge is 0.392 e. The van der Waals surface area contributed by atoms with Crippen molar-refractivity contribution >= 4 is 23.2 Å². The zero-order valence-corrected chi connectivity index (χ0v) is 20.2. The summed E-state index contributed by atoms with van der Waals surface area (Å²) < 4.78 is 0. The lowest BCUT2D eigenvalue weighted by Gasteiger charge is -2.25. The van der Waals surface area contributed by atoms with E-state index < -0.39 is 18.2 Å². The van der Waals surface area contributed by atoms with E-state index in [9.17, 15) is 14.7 Å². The normalized spacial score (nSPS) is 20.8. The molecule has 0 saturated heterocycles. The zero-order valence-electron chi connectivity index (χ0n) is 20.2. The molecule has 1 aliphatic heterocycles. The van der Waals surface area contributed by atoms with Crippen molar-refractivity contribution in [3.63, 3.8) is 0 Å². The fourth-order valence-corrected chi connectivity index (χ4v) is 4.34. The molecule has 1 heterocycles. The molecule has 1 aromatic carbocycles. The number of fused-ring (bicyclic) bond motifs is 1. The van der Waals surface area contributed by atoms with Crippen LogP contribution in [0, 0.1) is 17.3 Å². The number of carbonyl (C=O) groups excluding carboxylic acids is 2. The fraction of sp³-hybridized carbons (Fsp3) is 0.654. The number of para-hydroxylation sites is 1. The molecule has 1 saturated carbocycles. The van der Waals surface area contributed by atoms with Crippen LogP contribution in [0.25, 0.3) is 0 Å². The van der Waals surface area contributed by atoms with Gasteiger partial charge >= 0.3 is 0 Å². The highest BCUT2D eigenvalue weighted by Crippen LogP contribution is 2.37. The van der Waals surface area contributed by atoms with Gasteiger partial charge in [-0.15, -0.1) is 0 Å². The van der Waals surface area contributed by atoms with E-state index in [1.165, 1.54) is 0 Å². The molecular weight excluding hydrogens is 402 g/mol. The standard InChI is InChI=1S/C26H39N3O3/c1-6-7-12-22(30)19(15-17-13-14-17)24(31)28-23-25(32)29(5)21-11-9-8-10-18(21)20(27-23)16-26(2,3)4/h8-11,17,19,22-23,30H,6-7,12-16H2,1-5H3,(H,28,31)/t19-,22+,23?/m1/s1. The molecule has 1 fully saturated rings. The van der Waals surface area contributed by atoms with E-state index >= 15 is 0 Å². The first kappa shape index (κ1) is 24.4. The Bertz CT molecular complexity index is 854. The van der Waals surface area contributed by atoms with Crippen LogP contribution in [0.3, 0.4) is 0 Å². The molecule has 0 bridgehead atoms. The molecule has 0 spiro atoms. The number of rotatable bonds is 9. The van der Waals surface area contributed by atoms with Crippen LogP contribution in [0.2, 0.25) is 0 Å². The van der Waals surface area contributed by atoms with E-state index in [2.05, 4.69) is 33.0 Å². The van der Waals surface area contributed by atoms with Crippen LogP contribution in [-0.4, -0.2) is 41.9 Å². The van der Waals surface area contributed by atoms with Gasteiger partial charge in [-0.25, -0.2) is 0 Å². The van der Waals surface area contributed by atoms with E-state index in [0.29, 0.717) is 25.2 Å². The predicted octanol–water partition coefficient (Wildman–Crippen LogP) is 4.30. The first-order chi connectivity index (χ1) is 15.1. The Kier molecular flexibility index (Phi) is 7.75. The van der Waals surface area contributed by atoms with Gasteiger partial charge in [0, 0.05) is 18.3 Å². The number of nitrogens with one attached hydrogen (secondary N) is 1. The lowest BCUT2D eigenvalue weighted by atomic mass is 9.87. The molecule has 176 valence electrons. The van der Waals surface area contributed by atoms with Crippen LogP contribution >= 0.6 is 0 Å². The maximum atomic E-state index is 13.3. The Balaban J connectivity index is 1.88. The Morgan fingerprint density at radius 1 is 1.28 bits per heavy atom. The second kappa shape index (κ2) is 10.2. The molecule has 2 N–H and O–H groups in total. The topological polar surface area (TPSA) is 82.0 Å². The minimum atomic E-state index is -0.989. The summed E-state index contributed by atoms with van der Waals surface area (Å²) in [5.41, 5.74) is 2.51. The smallest absolute Gasteiger partial charge is 0.272 e. The number of hydrogen-bond donors (Lipinski definition) is 2. The highest BCUT2D eigenvalue weighted by Gasteiger charge is 2.37. The second-order valence-corrected chi connectivity index (χ2v) is 10.6. The van der Waals surface area contributed by atoms with Gasteiger partial charge in [0.2, 0.25) is 12.1 Å². The van der Waals surface area contributed by atoms with Crippen LogP contribution in [-0.2, 0) is 9.59 Å². The minimum absolute atomic E-state index is 0.0304. The molecule has 1 aliphatic carbocycles. The van der Waals surface area contributed by atoms with Crippen LogP contribution in [0.5, 0.6) is 0 Å². The molecule has 1 unspecified atom stereocenters. The van der Waals surface area contributed by atoms with Crippen LogP contribution < -0.4 is 10.2 Å². The molecule has 0 radical (unpaired) electrons. The molecule has 2 amide bonds. The number of benzodiazepines with no additional fused rings is 1. The highest BCUT2D eigenvalue weighted by atomic mass is 16.3. The maximum absolute atomic E-state index is 13.3. The Morgan fingerprint density at radius 3 is 2.59 bits per heavy atom. The summed E-state index contributed by atoms with van der Waals surface area (Å²) in [6.07, 6.45) is 4.35. The number of hydrogen-bond acceptors (Lipinski definition) is 4. The summed E-state index contributed by atoms with van der Waals surface area (Å²) in [7, 11) is 1.73. The highest BCUT2D eigenvalue weighted by molar-refractivity contribution is 6.13. The Morgan fingerprint density at radius 2 is 1.97 bits per heavy atom. The van der Waals surface area contributed by atoms with Crippen molar-refractivity contribution in [1.82, 2.24) is 5.32 Å². The summed E-state index contributed by atoms with van der Waals surface area (Å²) >= 11 is 0. The van der Waals surface area contributed by atoms with Crippen molar-refractivity contribution < 1.29 is 14.7 Å². The van der Waals surface area contributed by atoms with Crippen LogP contribution in [0.15, 0.2) is 29.3 Å². The average Bonchev–Trinajstić information content (AvgIpc) is 3.57. The van der Waals surface area contributed by atoms with Crippen molar-refractivity contribution in [2.75, 3.05) is 11.9 Å². The molecule has 6 heteroatoms. The van der Waals surface area contributed by atoms with Gasteiger partial charge < -0.3 is 15.3 Å². The number of likely N-dealkylation sites (N-methyl/N-ethyl adjacent to an activating group) is 1. The Labute approximate surface area is 192 Å². The average molecular weight is 442 g/mol. The number of aliphatic hydroxyl groups is 1. The third-order valence-corrected chi connectivity index (χ3v) is 6.34. The van der Waals surface area contributed by atoms with E-state index in [0.717, 1.165) is 42.6 Å². The van der Waals surface area contributed by atoms with Crippen molar-refractivity contribution in [3.8, 4) is 0 Å². The van der Waals surface area contributed by atoms with Gasteiger partial charge in [0.1, 0.15) is 0 Å². The fourth-order valence-electron chi connectivity index (χ4n) is 4.34. The SMILES string of the molecule is CCCC[C@H](O)[C@@H](CC1CC1)C(=O)NC1N=C(CC(C)(C)C)c2ccccc2N(C)C1=O. The van der Waals surface area contributed by atoms with Crippen molar-refractivity contribution in [1.29, 1.82) is 0 Å². The first-order valence-corrected chi connectivity index (χ1v) is 12.0. The van der Waals surface area contributed by atoms with Gasteiger partial charge in [0.15, 0.2) is 0 Å². The lowest BCUT2D eigenvalue weighted by molar-refractivity contribution is -0.133. The predicted molar refractivity (Wildman–Crippen MR) is 129 cm³/mol. The lowest BCUT2D eigenvalue weighted by Crippen LogP contribution is -2.49. The van der Waals surface area contributed by atoms with Crippen LogP contribution in [0.4, 0.5) is 5.69 Å². The number of carbonyl (C=O) groups is 2. The molecule has 1 aromatic rings. The first-order valence-electron chi connectivity index (χ1n) is 12.0. The maximum Gasteiger partial charge on any atom is 0.272 e. The number of benzene rings is 1. The summed E-state index contributed by atoms with van der Waals surface area (Å²) in [4.78, 5) is 33.0. The number of unbranched alkanes of at least 4 members (excludes halogenated alkanes) is 1. The van der Waals surface area contributed by atoms with Crippen LogP contribution in [0.1, 0.15) is 78.2 Å². The quantitative estimate of drug-likeness (QED) is 0.599. The van der Waals surface area contributed by atoms with Gasteiger partial charge in [-0.3, -0.25) is 14.6 Å². The van der Waals surface area contributed by atoms with E-state index in [-0.39, 0.29) is 17.2 Å². The minimum Gasteiger partial charge on any atom is -0.392 e. The number of aliphatic hydroxyl groups excluding tert-OH is 1. The van der Waals surface area contributed by atoms with Gasteiger partial charge in [0.25, 0.3) is 5.91 Å². The summed E-state index contributed by atoms with van der Waals surface area (Å²) in [6, 6.07) is 7.76. The van der Waals surface area contributed by atoms with Crippen molar-refractivity contribution in [2.45, 2.75) is 84.9 Å².